The minimum absolute atomic E-state index is 0.118. The molecule has 0 spiro atoms. The third-order valence-corrected chi connectivity index (χ3v) is 4.65. The molecular formula is C20H18F3NO3. The minimum Gasteiger partial charge on any atom is -0.478 e. The summed E-state index contributed by atoms with van der Waals surface area (Å²) >= 11 is 0. The highest BCUT2D eigenvalue weighted by Gasteiger charge is 2.26. The van der Waals surface area contributed by atoms with Gasteiger partial charge in [-0.05, 0) is 53.8 Å². The van der Waals surface area contributed by atoms with E-state index in [2.05, 4.69) is 0 Å². The third-order valence-electron chi connectivity index (χ3n) is 4.65. The number of amides is 1. The second-order valence-electron chi connectivity index (χ2n) is 6.58. The fourth-order valence-corrected chi connectivity index (χ4v) is 3.15. The number of aromatic carboxylic acids is 1. The molecule has 27 heavy (non-hydrogen) atoms. The average Bonchev–Trinajstić information content (AvgIpc) is 2.64. The number of carbonyl (C=O) groups excluding carboxylic acids is 1. The molecule has 0 aromatic heterocycles. The first-order valence-electron chi connectivity index (χ1n) is 8.53. The molecular weight excluding hydrogens is 359 g/mol. The van der Waals surface area contributed by atoms with Crippen molar-refractivity contribution >= 4 is 11.9 Å². The maximum absolute atomic E-state index is 12.7. The summed E-state index contributed by atoms with van der Waals surface area (Å²) in [6.45, 7) is 0.819. The molecule has 1 aliphatic rings. The largest absolute Gasteiger partial charge is 0.478 e. The second-order valence-corrected chi connectivity index (χ2v) is 6.58. The van der Waals surface area contributed by atoms with Crippen molar-refractivity contribution in [1.29, 1.82) is 0 Å². The smallest absolute Gasteiger partial charge is 0.389 e. The van der Waals surface area contributed by atoms with Crippen LogP contribution in [-0.4, -0.2) is 34.6 Å². The number of nitrogens with zero attached hydrogens (tertiary/aromatic N) is 1. The molecule has 0 radical (unpaired) electrons. The van der Waals surface area contributed by atoms with E-state index in [-0.39, 0.29) is 17.9 Å². The fraction of sp³-hybridized carbons (Fsp3) is 0.300. The van der Waals surface area contributed by atoms with Gasteiger partial charge in [-0.3, -0.25) is 4.79 Å². The highest BCUT2D eigenvalue weighted by Crippen LogP contribution is 2.24. The predicted molar refractivity (Wildman–Crippen MR) is 92.7 cm³/mol. The van der Waals surface area contributed by atoms with E-state index in [4.69, 9.17) is 5.11 Å². The average molecular weight is 377 g/mol. The Hall–Kier alpha value is -2.83. The van der Waals surface area contributed by atoms with E-state index in [1.165, 1.54) is 12.1 Å². The number of aryl methyl sites for hydroxylation is 1. The zero-order valence-corrected chi connectivity index (χ0v) is 14.4. The maximum Gasteiger partial charge on any atom is 0.389 e. The van der Waals surface area contributed by atoms with Crippen LogP contribution in [0.1, 0.15) is 43.8 Å². The number of alkyl halides is 3. The van der Waals surface area contributed by atoms with Crippen molar-refractivity contribution in [2.45, 2.75) is 32.0 Å². The molecule has 1 amide bonds. The van der Waals surface area contributed by atoms with Gasteiger partial charge in [-0.1, -0.05) is 18.2 Å². The van der Waals surface area contributed by atoms with Crippen LogP contribution < -0.4 is 0 Å². The highest BCUT2D eigenvalue weighted by molar-refractivity contribution is 5.94. The number of carbonyl (C=O) groups is 2. The van der Waals surface area contributed by atoms with Gasteiger partial charge in [-0.15, -0.1) is 0 Å². The van der Waals surface area contributed by atoms with E-state index < -0.39 is 18.6 Å². The normalized spacial score (nSPS) is 14.0. The number of carboxylic acids is 1. The van der Waals surface area contributed by atoms with Crippen LogP contribution >= 0.6 is 0 Å². The number of halogens is 3. The summed E-state index contributed by atoms with van der Waals surface area (Å²) < 4.78 is 36.9. The number of rotatable bonds is 4. The van der Waals surface area contributed by atoms with Crippen LogP contribution in [0.15, 0.2) is 42.5 Å². The van der Waals surface area contributed by atoms with Crippen LogP contribution in [0.5, 0.6) is 0 Å². The van der Waals surface area contributed by atoms with Crippen LogP contribution in [0.25, 0.3) is 0 Å². The van der Waals surface area contributed by atoms with E-state index in [9.17, 15) is 22.8 Å². The van der Waals surface area contributed by atoms with Gasteiger partial charge in [0.1, 0.15) is 0 Å². The van der Waals surface area contributed by atoms with Crippen molar-refractivity contribution in [1.82, 2.24) is 4.90 Å². The summed E-state index contributed by atoms with van der Waals surface area (Å²) in [5.41, 5.74) is 2.93. The summed E-state index contributed by atoms with van der Waals surface area (Å²) in [5, 5.41) is 9.11. The Morgan fingerprint density at radius 1 is 1.00 bits per heavy atom. The van der Waals surface area contributed by atoms with Gasteiger partial charge in [0.05, 0.1) is 5.56 Å². The predicted octanol–water partition coefficient (Wildman–Crippen LogP) is 4.08. The molecule has 4 nitrogen and oxygen atoms in total. The van der Waals surface area contributed by atoms with Gasteiger partial charge in [0.15, 0.2) is 0 Å². The molecule has 0 saturated heterocycles. The maximum atomic E-state index is 12.7. The Kier molecular flexibility index (Phi) is 5.21. The van der Waals surface area contributed by atoms with E-state index in [1.807, 2.05) is 0 Å². The van der Waals surface area contributed by atoms with Crippen molar-refractivity contribution in [3.05, 3.63) is 70.3 Å². The molecule has 2 aromatic rings. The molecule has 7 heteroatoms. The monoisotopic (exact) mass is 377 g/mol. The van der Waals surface area contributed by atoms with Crippen molar-refractivity contribution in [3.63, 3.8) is 0 Å². The summed E-state index contributed by atoms with van der Waals surface area (Å²) in [6.07, 6.45) is -4.59. The topological polar surface area (TPSA) is 57.6 Å². The lowest BCUT2D eigenvalue weighted by molar-refractivity contribution is -0.134. The molecule has 0 bridgehead atoms. The Labute approximate surface area is 154 Å². The number of fused-ring (bicyclic) bond motifs is 1. The zero-order valence-electron chi connectivity index (χ0n) is 14.4. The number of hydrogen-bond acceptors (Lipinski definition) is 2. The minimum atomic E-state index is -4.20. The van der Waals surface area contributed by atoms with Crippen molar-refractivity contribution < 1.29 is 27.9 Å². The van der Waals surface area contributed by atoms with Crippen LogP contribution in [0.3, 0.4) is 0 Å². The molecule has 0 unspecified atom stereocenters. The molecule has 142 valence electrons. The van der Waals surface area contributed by atoms with Gasteiger partial charge >= 0.3 is 12.1 Å². The first-order chi connectivity index (χ1) is 12.7. The standard InChI is InChI=1S/C20H18F3NO3/c21-20(22,23)9-7-13-1-3-15(4-2-13)18(25)24-10-8-14-5-6-16(19(26)27)11-17(14)12-24/h1-6,11H,7-10,12H2,(H,26,27). The van der Waals surface area contributed by atoms with Gasteiger partial charge in [-0.2, -0.15) is 13.2 Å². The molecule has 2 aromatic carbocycles. The van der Waals surface area contributed by atoms with Gasteiger partial charge in [0.25, 0.3) is 5.91 Å². The quantitative estimate of drug-likeness (QED) is 0.874. The first kappa shape index (κ1) is 18.9. The van der Waals surface area contributed by atoms with Crippen LogP contribution in [0, 0.1) is 0 Å². The summed E-state index contributed by atoms with van der Waals surface area (Å²) in [5.74, 6) is -1.24. The van der Waals surface area contributed by atoms with Gasteiger partial charge in [0.2, 0.25) is 0 Å². The Morgan fingerprint density at radius 3 is 2.30 bits per heavy atom. The summed E-state index contributed by atoms with van der Waals surface area (Å²) in [4.78, 5) is 25.4. The van der Waals surface area contributed by atoms with Gasteiger partial charge < -0.3 is 10.0 Å². The van der Waals surface area contributed by atoms with Crippen LogP contribution in [-0.2, 0) is 19.4 Å². The van der Waals surface area contributed by atoms with Crippen LogP contribution in [0.2, 0.25) is 0 Å². The molecule has 3 rings (SSSR count). The second kappa shape index (κ2) is 7.42. The molecule has 1 heterocycles. The SMILES string of the molecule is O=C(O)c1ccc2c(c1)CN(C(=O)c1ccc(CCC(F)(F)F)cc1)CC2. The highest BCUT2D eigenvalue weighted by atomic mass is 19.4. The first-order valence-corrected chi connectivity index (χ1v) is 8.53. The molecule has 0 atom stereocenters. The van der Waals surface area contributed by atoms with Crippen molar-refractivity contribution in [3.8, 4) is 0 Å². The number of hydrogen-bond donors (Lipinski definition) is 1. The van der Waals surface area contributed by atoms with E-state index in [1.54, 1.807) is 35.2 Å². The Balaban J connectivity index is 1.69. The van der Waals surface area contributed by atoms with E-state index in [0.717, 1.165) is 11.1 Å². The lowest BCUT2D eigenvalue weighted by Crippen LogP contribution is -2.36. The molecule has 0 aliphatic carbocycles. The van der Waals surface area contributed by atoms with E-state index in [0.29, 0.717) is 30.6 Å². The molecule has 1 aliphatic heterocycles. The number of carboxylic acid groups (broad SMARTS) is 1. The fourth-order valence-electron chi connectivity index (χ4n) is 3.15. The van der Waals surface area contributed by atoms with Gasteiger partial charge in [0, 0.05) is 25.1 Å². The van der Waals surface area contributed by atoms with Crippen molar-refractivity contribution in [2.24, 2.45) is 0 Å². The van der Waals surface area contributed by atoms with Crippen LogP contribution in [0.4, 0.5) is 13.2 Å². The third kappa shape index (κ3) is 4.67. The Bertz CT molecular complexity index is 860. The number of benzene rings is 2. The Morgan fingerprint density at radius 2 is 1.67 bits per heavy atom. The van der Waals surface area contributed by atoms with Gasteiger partial charge in [-0.25, -0.2) is 4.79 Å². The zero-order chi connectivity index (χ0) is 19.6. The summed E-state index contributed by atoms with van der Waals surface area (Å²) in [6, 6.07) is 11.1. The van der Waals surface area contributed by atoms with E-state index >= 15 is 0 Å². The molecule has 0 fully saturated rings. The summed E-state index contributed by atoms with van der Waals surface area (Å²) in [7, 11) is 0. The molecule has 0 saturated carbocycles. The van der Waals surface area contributed by atoms with Crippen molar-refractivity contribution in [2.75, 3.05) is 6.54 Å². The molecule has 1 N–H and O–H groups in total. The lowest BCUT2D eigenvalue weighted by atomic mass is 9.96. The lowest BCUT2D eigenvalue weighted by Gasteiger charge is -2.29.